The van der Waals surface area contributed by atoms with Crippen molar-refractivity contribution in [3.8, 4) is 0 Å². The average Bonchev–Trinajstić information content (AvgIpc) is 1.88. The Morgan fingerprint density at radius 2 is 2.50 bits per heavy atom. The molecule has 4 nitrogen and oxygen atoms in total. The van der Waals surface area contributed by atoms with E-state index < -0.39 is 12.1 Å². The molecular weight excluding hydrogens is 136 g/mol. The van der Waals surface area contributed by atoms with Gasteiger partial charge >= 0.3 is 5.97 Å². The summed E-state index contributed by atoms with van der Waals surface area (Å²) in [5, 5.41) is 17.4. The molecule has 0 amide bonds. The molecule has 0 aromatic rings. The highest BCUT2D eigenvalue weighted by atomic mass is 16.5. The number of hydrogen-bond donors (Lipinski definition) is 2. The third-order valence-electron chi connectivity index (χ3n) is 1.30. The quantitative estimate of drug-likeness (QED) is 0.515. The normalized spacial score (nSPS) is 25.7. The molecule has 1 rings (SSSR count). The van der Waals surface area contributed by atoms with E-state index in [0.717, 1.165) is 0 Å². The summed E-state index contributed by atoms with van der Waals surface area (Å²) < 4.78 is 4.77. The van der Waals surface area contributed by atoms with Gasteiger partial charge in [0, 0.05) is 0 Å². The van der Waals surface area contributed by atoms with Crippen LogP contribution in [0.15, 0.2) is 11.6 Å². The highest BCUT2D eigenvalue weighted by Crippen LogP contribution is 2.07. The first kappa shape index (κ1) is 7.24. The molecule has 1 unspecified atom stereocenters. The summed E-state index contributed by atoms with van der Waals surface area (Å²) in [5.41, 5.74) is 0.0336. The van der Waals surface area contributed by atoms with Gasteiger partial charge < -0.3 is 14.9 Å². The van der Waals surface area contributed by atoms with Crippen LogP contribution in [0, 0.1) is 0 Å². The number of carbonyl (C=O) groups is 1. The maximum absolute atomic E-state index is 10.3. The second kappa shape index (κ2) is 2.81. The Balaban J connectivity index is 2.71. The van der Waals surface area contributed by atoms with E-state index >= 15 is 0 Å². The Morgan fingerprint density at radius 1 is 1.80 bits per heavy atom. The molecule has 1 aliphatic rings. The first-order valence-corrected chi connectivity index (χ1v) is 2.91. The van der Waals surface area contributed by atoms with Crippen molar-refractivity contribution in [2.45, 2.75) is 6.10 Å². The Morgan fingerprint density at radius 3 is 2.90 bits per heavy atom. The van der Waals surface area contributed by atoms with Crippen LogP contribution in [0.4, 0.5) is 0 Å². The van der Waals surface area contributed by atoms with Crippen LogP contribution in [-0.4, -0.2) is 35.5 Å². The summed E-state index contributed by atoms with van der Waals surface area (Å²) in [6.45, 7) is 0.358. The van der Waals surface area contributed by atoms with Crippen LogP contribution in [0.3, 0.4) is 0 Å². The molecule has 56 valence electrons. The minimum Gasteiger partial charge on any atom is -0.478 e. The van der Waals surface area contributed by atoms with E-state index in [0.29, 0.717) is 0 Å². The SMILES string of the molecule is O=C(O)C1=CCOCC1O. The monoisotopic (exact) mass is 144 g/mol. The van der Waals surface area contributed by atoms with Crippen LogP contribution >= 0.6 is 0 Å². The number of rotatable bonds is 1. The fourth-order valence-electron chi connectivity index (χ4n) is 0.784. The Bertz CT molecular complexity index is 173. The van der Waals surface area contributed by atoms with Gasteiger partial charge in [-0.3, -0.25) is 0 Å². The summed E-state index contributed by atoms with van der Waals surface area (Å²) in [4.78, 5) is 10.3. The molecule has 0 saturated carbocycles. The molecule has 2 N–H and O–H groups in total. The third-order valence-corrected chi connectivity index (χ3v) is 1.30. The van der Waals surface area contributed by atoms with Gasteiger partial charge in [0.1, 0.15) is 6.10 Å². The average molecular weight is 144 g/mol. The molecule has 1 heterocycles. The summed E-state index contributed by atoms with van der Waals surface area (Å²) in [6.07, 6.45) is 0.405. The molecule has 0 aromatic heterocycles. The maximum atomic E-state index is 10.3. The minimum atomic E-state index is -1.07. The van der Waals surface area contributed by atoms with Gasteiger partial charge in [-0.25, -0.2) is 4.79 Å². The van der Waals surface area contributed by atoms with Gasteiger partial charge in [0.2, 0.25) is 0 Å². The topological polar surface area (TPSA) is 66.8 Å². The van der Waals surface area contributed by atoms with Crippen molar-refractivity contribution in [2.24, 2.45) is 0 Å². The van der Waals surface area contributed by atoms with Crippen molar-refractivity contribution >= 4 is 5.97 Å². The van der Waals surface area contributed by atoms with Gasteiger partial charge in [0.15, 0.2) is 0 Å². The van der Waals surface area contributed by atoms with Crippen LogP contribution in [-0.2, 0) is 9.53 Å². The largest absolute Gasteiger partial charge is 0.478 e. The van der Waals surface area contributed by atoms with E-state index in [1.54, 1.807) is 0 Å². The fraction of sp³-hybridized carbons (Fsp3) is 0.500. The zero-order chi connectivity index (χ0) is 7.56. The van der Waals surface area contributed by atoms with Gasteiger partial charge in [-0.05, 0) is 6.08 Å². The standard InChI is InChI=1S/C6H8O4/c7-5-3-10-2-1-4(5)6(8)9/h1,5,7H,2-3H2,(H,8,9). The molecule has 1 aliphatic heterocycles. The van der Waals surface area contributed by atoms with Gasteiger partial charge in [-0.1, -0.05) is 0 Å². The third kappa shape index (κ3) is 1.34. The number of carboxylic acid groups (broad SMARTS) is 1. The molecule has 0 aliphatic carbocycles. The second-order valence-electron chi connectivity index (χ2n) is 2.02. The van der Waals surface area contributed by atoms with Crippen LogP contribution < -0.4 is 0 Å². The fourth-order valence-corrected chi connectivity index (χ4v) is 0.784. The zero-order valence-electron chi connectivity index (χ0n) is 5.28. The predicted molar refractivity (Wildman–Crippen MR) is 32.5 cm³/mol. The highest BCUT2D eigenvalue weighted by molar-refractivity contribution is 5.87. The lowest BCUT2D eigenvalue weighted by Gasteiger charge is -2.15. The van der Waals surface area contributed by atoms with E-state index in [1.807, 2.05) is 0 Å². The number of aliphatic carboxylic acids is 1. The summed E-state index contributed by atoms with van der Waals surface area (Å²) >= 11 is 0. The van der Waals surface area contributed by atoms with Crippen LogP contribution in [0.25, 0.3) is 0 Å². The van der Waals surface area contributed by atoms with Crippen LogP contribution in [0.2, 0.25) is 0 Å². The number of carboxylic acids is 1. The molecule has 1 atom stereocenters. The number of aliphatic hydroxyl groups is 1. The van der Waals surface area contributed by atoms with Crippen molar-refractivity contribution in [1.29, 1.82) is 0 Å². The first-order valence-electron chi connectivity index (χ1n) is 2.91. The molecule has 0 radical (unpaired) electrons. The van der Waals surface area contributed by atoms with E-state index in [4.69, 9.17) is 14.9 Å². The molecule has 0 bridgehead atoms. The summed E-state index contributed by atoms with van der Waals surface area (Å²) in [7, 11) is 0. The van der Waals surface area contributed by atoms with Crippen LogP contribution in [0.1, 0.15) is 0 Å². The predicted octanol–water partition coefficient (Wildman–Crippen LogP) is -0.611. The van der Waals surface area contributed by atoms with E-state index in [1.165, 1.54) is 6.08 Å². The molecule has 0 fully saturated rings. The molecule has 0 aromatic carbocycles. The van der Waals surface area contributed by atoms with Gasteiger partial charge in [0.05, 0.1) is 18.8 Å². The number of hydrogen-bond acceptors (Lipinski definition) is 3. The van der Waals surface area contributed by atoms with Crippen molar-refractivity contribution in [3.63, 3.8) is 0 Å². The Kier molecular flexibility index (Phi) is 2.03. The van der Waals surface area contributed by atoms with Crippen molar-refractivity contribution in [3.05, 3.63) is 11.6 Å². The summed E-state index contributed by atoms with van der Waals surface area (Å²) in [6, 6.07) is 0. The van der Waals surface area contributed by atoms with E-state index in [-0.39, 0.29) is 18.8 Å². The van der Waals surface area contributed by atoms with Crippen molar-refractivity contribution in [2.75, 3.05) is 13.2 Å². The highest BCUT2D eigenvalue weighted by Gasteiger charge is 2.20. The lowest BCUT2D eigenvalue weighted by atomic mass is 10.1. The van der Waals surface area contributed by atoms with Gasteiger partial charge in [0.25, 0.3) is 0 Å². The lowest BCUT2D eigenvalue weighted by Crippen LogP contribution is -2.27. The van der Waals surface area contributed by atoms with E-state index in [9.17, 15) is 4.79 Å². The molecular formula is C6H8O4. The molecule has 10 heavy (non-hydrogen) atoms. The van der Waals surface area contributed by atoms with Crippen molar-refractivity contribution < 1.29 is 19.7 Å². The molecule has 0 saturated heterocycles. The molecule has 0 spiro atoms. The second-order valence-corrected chi connectivity index (χ2v) is 2.02. The maximum Gasteiger partial charge on any atom is 0.334 e. The summed E-state index contributed by atoms with van der Waals surface area (Å²) in [5.74, 6) is -1.07. The minimum absolute atomic E-state index is 0.0336. The van der Waals surface area contributed by atoms with Gasteiger partial charge in [-0.15, -0.1) is 0 Å². The smallest absolute Gasteiger partial charge is 0.334 e. The van der Waals surface area contributed by atoms with Crippen molar-refractivity contribution in [1.82, 2.24) is 0 Å². The molecule has 4 heteroatoms. The first-order chi connectivity index (χ1) is 4.72. The Labute approximate surface area is 57.7 Å². The van der Waals surface area contributed by atoms with E-state index in [2.05, 4.69) is 0 Å². The number of aliphatic hydroxyl groups excluding tert-OH is 1. The lowest BCUT2D eigenvalue weighted by molar-refractivity contribution is -0.134. The van der Waals surface area contributed by atoms with Crippen LogP contribution in [0.5, 0.6) is 0 Å². The Hall–Kier alpha value is -0.870. The number of ether oxygens (including phenoxy) is 1. The zero-order valence-corrected chi connectivity index (χ0v) is 5.28. The van der Waals surface area contributed by atoms with Gasteiger partial charge in [-0.2, -0.15) is 0 Å².